The number of ether oxygens (including phenoxy) is 2. The first-order valence-corrected chi connectivity index (χ1v) is 13.1. The van der Waals surface area contributed by atoms with Crippen molar-refractivity contribution in [3.8, 4) is 11.5 Å². The first kappa shape index (κ1) is 24.8. The van der Waals surface area contributed by atoms with Gasteiger partial charge in [-0.05, 0) is 92.5 Å². The zero-order valence-corrected chi connectivity index (χ0v) is 21.4. The fourth-order valence-electron chi connectivity index (χ4n) is 6.51. The Morgan fingerprint density at radius 3 is 2.72 bits per heavy atom. The molecule has 2 aromatic carbocycles. The SMILES string of the molecule is COc1cccc(C=CC(=O)NC2CCC3(OC)CN(CC4CC4)CCC3(c3cccc(O)c3)C2)c1. The summed E-state index contributed by atoms with van der Waals surface area (Å²) in [5.41, 5.74) is 1.42. The van der Waals surface area contributed by atoms with E-state index in [4.69, 9.17) is 9.47 Å². The van der Waals surface area contributed by atoms with Crippen LogP contribution < -0.4 is 10.1 Å². The van der Waals surface area contributed by atoms with Gasteiger partial charge in [0.1, 0.15) is 11.5 Å². The van der Waals surface area contributed by atoms with Crippen molar-refractivity contribution in [1.29, 1.82) is 0 Å². The van der Waals surface area contributed by atoms with Gasteiger partial charge < -0.3 is 24.8 Å². The minimum Gasteiger partial charge on any atom is -0.508 e. The van der Waals surface area contributed by atoms with E-state index in [-0.39, 0.29) is 28.7 Å². The molecule has 0 radical (unpaired) electrons. The first-order chi connectivity index (χ1) is 17.4. The summed E-state index contributed by atoms with van der Waals surface area (Å²) in [5.74, 6) is 1.78. The normalized spacial score (nSPS) is 28.6. The quantitative estimate of drug-likeness (QED) is 0.533. The highest BCUT2D eigenvalue weighted by molar-refractivity contribution is 5.92. The van der Waals surface area contributed by atoms with Crippen LogP contribution in [0.3, 0.4) is 0 Å². The van der Waals surface area contributed by atoms with Gasteiger partial charge in [0, 0.05) is 37.7 Å². The molecule has 1 amide bonds. The number of likely N-dealkylation sites (tertiary alicyclic amines) is 1. The number of rotatable bonds is 8. The summed E-state index contributed by atoms with van der Waals surface area (Å²) in [4.78, 5) is 15.5. The molecule has 0 aromatic heterocycles. The number of hydrogen-bond acceptors (Lipinski definition) is 5. The van der Waals surface area contributed by atoms with Gasteiger partial charge >= 0.3 is 0 Å². The van der Waals surface area contributed by atoms with Gasteiger partial charge in [0.25, 0.3) is 0 Å². The second-order valence-corrected chi connectivity index (χ2v) is 10.8. The fraction of sp³-hybridized carbons (Fsp3) is 0.500. The Labute approximate surface area is 214 Å². The third-order valence-corrected chi connectivity index (χ3v) is 8.57. The molecule has 2 aromatic rings. The maximum Gasteiger partial charge on any atom is 0.244 e. The number of nitrogens with one attached hydrogen (secondary N) is 1. The minimum atomic E-state index is -0.342. The van der Waals surface area contributed by atoms with Crippen molar-refractivity contribution in [3.63, 3.8) is 0 Å². The minimum absolute atomic E-state index is 0.0352. The van der Waals surface area contributed by atoms with Crippen LogP contribution in [0.25, 0.3) is 6.08 Å². The maximum absolute atomic E-state index is 12.9. The summed E-state index contributed by atoms with van der Waals surface area (Å²) in [6.45, 7) is 3.05. The lowest BCUT2D eigenvalue weighted by molar-refractivity contribution is -0.150. The second-order valence-electron chi connectivity index (χ2n) is 10.8. The number of phenolic OH excluding ortho intramolecular Hbond substituents is 1. The molecule has 1 aliphatic heterocycles. The number of phenols is 1. The molecule has 3 unspecified atom stereocenters. The van der Waals surface area contributed by atoms with E-state index in [2.05, 4.69) is 16.3 Å². The van der Waals surface area contributed by atoms with Crippen molar-refractivity contribution in [1.82, 2.24) is 10.2 Å². The number of carbonyl (C=O) groups is 1. The molecule has 3 aliphatic rings. The molecule has 1 saturated heterocycles. The predicted molar refractivity (Wildman–Crippen MR) is 141 cm³/mol. The van der Waals surface area contributed by atoms with Gasteiger partial charge in [0.2, 0.25) is 5.91 Å². The Balaban J connectivity index is 1.36. The molecule has 3 fully saturated rings. The van der Waals surface area contributed by atoms with Gasteiger partial charge in [-0.1, -0.05) is 24.3 Å². The Morgan fingerprint density at radius 2 is 1.97 bits per heavy atom. The fourth-order valence-corrected chi connectivity index (χ4v) is 6.51. The number of methoxy groups -OCH3 is 2. The smallest absolute Gasteiger partial charge is 0.244 e. The van der Waals surface area contributed by atoms with Crippen molar-refractivity contribution >= 4 is 12.0 Å². The van der Waals surface area contributed by atoms with Crippen LogP contribution in [0.1, 0.15) is 49.7 Å². The Bertz CT molecular complexity index is 1110. The highest BCUT2D eigenvalue weighted by Crippen LogP contribution is 2.54. The van der Waals surface area contributed by atoms with Crippen LogP contribution in [0.15, 0.2) is 54.6 Å². The highest BCUT2D eigenvalue weighted by Gasteiger charge is 2.59. The van der Waals surface area contributed by atoms with Crippen LogP contribution in [0, 0.1) is 5.92 Å². The number of aromatic hydroxyl groups is 1. The first-order valence-electron chi connectivity index (χ1n) is 13.1. The second kappa shape index (κ2) is 10.3. The Kier molecular flexibility index (Phi) is 7.09. The van der Waals surface area contributed by atoms with E-state index >= 15 is 0 Å². The van der Waals surface area contributed by atoms with Gasteiger partial charge in [0.15, 0.2) is 0 Å². The largest absolute Gasteiger partial charge is 0.508 e. The highest BCUT2D eigenvalue weighted by atomic mass is 16.5. The van der Waals surface area contributed by atoms with E-state index in [1.165, 1.54) is 12.8 Å². The van der Waals surface area contributed by atoms with Crippen molar-refractivity contribution in [3.05, 3.63) is 65.7 Å². The standard InChI is InChI=1S/C30H38N2O4/c1-35-27-8-3-5-22(17-27)11-12-28(34)31-25-13-14-30(36-2)21-32(20-23-9-10-23)16-15-29(30,19-25)24-6-4-7-26(33)18-24/h3-8,11-12,17-18,23,25,33H,9-10,13-16,19-21H2,1-2H3,(H,31,34). The molecule has 0 bridgehead atoms. The number of benzene rings is 2. The van der Waals surface area contributed by atoms with Crippen LogP contribution in [0.2, 0.25) is 0 Å². The van der Waals surface area contributed by atoms with Crippen molar-refractivity contribution < 1.29 is 19.4 Å². The lowest BCUT2D eigenvalue weighted by atomic mass is 9.55. The predicted octanol–water partition coefficient (Wildman–Crippen LogP) is 4.52. The van der Waals surface area contributed by atoms with Crippen molar-refractivity contribution in [2.24, 2.45) is 5.92 Å². The summed E-state index contributed by atoms with van der Waals surface area (Å²) in [5, 5.41) is 13.6. The van der Waals surface area contributed by atoms with Crippen LogP contribution in [0.5, 0.6) is 11.5 Å². The molecule has 2 aliphatic carbocycles. The average Bonchev–Trinajstić information content (AvgIpc) is 3.71. The summed E-state index contributed by atoms with van der Waals surface area (Å²) in [6.07, 6.45) is 9.57. The molecule has 2 N–H and O–H groups in total. The molecule has 36 heavy (non-hydrogen) atoms. The molecular formula is C30H38N2O4. The van der Waals surface area contributed by atoms with Crippen LogP contribution in [-0.4, -0.2) is 61.4 Å². The molecule has 0 spiro atoms. The lowest BCUT2D eigenvalue weighted by Gasteiger charge is -2.60. The zero-order chi connectivity index (χ0) is 25.2. The molecule has 2 saturated carbocycles. The van der Waals surface area contributed by atoms with Crippen LogP contribution in [-0.2, 0) is 14.9 Å². The number of hydrogen-bond donors (Lipinski definition) is 2. The Morgan fingerprint density at radius 1 is 1.14 bits per heavy atom. The Hall–Kier alpha value is -2.83. The monoisotopic (exact) mass is 490 g/mol. The summed E-state index contributed by atoms with van der Waals surface area (Å²) < 4.78 is 11.7. The topological polar surface area (TPSA) is 71.0 Å². The van der Waals surface area contributed by atoms with Gasteiger partial charge in [-0.2, -0.15) is 0 Å². The average molecular weight is 491 g/mol. The van der Waals surface area contributed by atoms with Gasteiger partial charge in [0.05, 0.1) is 12.7 Å². The van der Waals surface area contributed by atoms with E-state index < -0.39 is 0 Å². The van der Waals surface area contributed by atoms with Gasteiger partial charge in [-0.25, -0.2) is 0 Å². The zero-order valence-electron chi connectivity index (χ0n) is 21.4. The number of piperidine rings is 1. The van der Waals surface area contributed by atoms with Gasteiger partial charge in [-0.3, -0.25) is 4.79 Å². The number of nitrogens with zero attached hydrogens (tertiary/aromatic N) is 1. The number of amides is 1. The summed E-state index contributed by atoms with van der Waals surface area (Å²) in [7, 11) is 3.48. The van der Waals surface area contributed by atoms with E-state index in [1.807, 2.05) is 49.6 Å². The van der Waals surface area contributed by atoms with Gasteiger partial charge in [-0.15, -0.1) is 0 Å². The third-order valence-electron chi connectivity index (χ3n) is 8.57. The van der Waals surface area contributed by atoms with E-state index in [1.54, 1.807) is 19.3 Å². The van der Waals surface area contributed by atoms with Crippen molar-refractivity contribution in [2.45, 2.75) is 55.6 Å². The molecule has 6 heteroatoms. The molecule has 3 atom stereocenters. The molecule has 192 valence electrons. The van der Waals surface area contributed by atoms with E-state index in [0.717, 1.165) is 68.1 Å². The summed E-state index contributed by atoms with van der Waals surface area (Å²) >= 11 is 0. The molecule has 6 nitrogen and oxygen atoms in total. The lowest BCUT2D eigenvalue weighted by Crippen LogP contribution is -2.68. The molecule has 1 heterocycles. The van der Waals surface area contributed by atoms with E-state index in [0.29, 0.717) is 0 Å². The maximum atomic E-state index is 12.9. The van der Waals surface area contributed by atoms with Crippen LogP contribution in [0.4, 0.5) is 0 Å². The molecular weight excluding hydrogens is 452 g/mol. The van der Waals surface area contributed by atoms with Crippen LogP contribution >= 0.6 is 0 Å². The number of fused-ring (bicyclic) bond motifs is 1. The summed E-state index contributed by atoms with van der Waals surface area (Å²) in [6, 6.07) is 15.4. The van der Waals surface area contributed by atoms with Crippen molar-refractivity contribution in [2.75, 3.05) is 33.9 Å². The third kappa shape index (κ3) is 5.02. The van der Waals surface area contributed by atoms with E-state index in [9.17, 15) is 9.90 Å². The number of carbonyl (C=O) groups excluding carboxylic acids is 1. The molecule has 5 rings (SSSR count).